The highest BCUT2D eigenvalue weighted by Crippen LogP contribution is 2.36. The van der Waals surface area contributed by atoms with Crippen molar-refractivity contribution in [1.29, 1.82) is 0 Å². The quantitative estimate of drug-likeness (QED) is 0.590. The third-order valence-electron chi connectivity index (χ3n) is 4.65. The van der Waals surface area contributed by atoms with Crippen molar-refractivity contribution in [3.63, 3.8) is 0 Å². The van der Waals surface area contributed by atoms with Gasteiger partial charge in [-0.1, -0.05) is 12.1 Å². The van der Waals surface area contributed by atoms with Gasteiger partial charge >= 0.3 is 6.09 Å². The maximum Gasteiger partial charge on any atom is 0.412 e. The minimum Gasteiger partial charge on any atom is -0.444 e. The number of aromatic nitrogens is 1. The van der Waals surface area contributed by atoms with E-state index >= 15 is 0 Å². The number of ether oxygens (including phenoxy) is 1. The van der Waals surface area contributed by atoms with Gasteiger partial charge in [-0.2, -0.15) is 0 Å². The zero-order valence-electron chi connectivity index (χ0n) is 17.4. The minimum atomic E-state index is -0.566. The van der Waals surface area contributed by atoms with Crippen molar-refractivity contribution in [2.45, 2.75) is 32.9 Å². The van der Waals surface area contributed by atoms with Crippen molar-refractivity contribution in [2.24, 2.45) is 0 Å². The Bertz CT molecular complexity index is 1140. The fourth-order valence-electron chi connectivity index (χ4n) is 3.31. The first kappa shape index (κ1) is 20.1. The summed E-state index contributed by atoms with van der Waals surface area (Å²) in [7, 11) is 1.82. The molecule has 3 heterocycles. The summed E-state index contributed by atoms with van der Waals surface area (Å²) in [6.45, 7) is 6.12. The summed E-state index contributed by atoms with van der Waals surface area (Å²) >= 11 is 1.62. The van der Waals surface area contributed by atoms with Gasteiger partial charge in [0.15, 0.2) is 0 Å². The number of hydrogen-bond donors (Lipinski definition) is 1. The van der Waals surface area contributed by atoms with Crippen LogP contribution in [0.2, 0.25) is 0 Å². The molecule has 1 aromatic carbocycles. The molecule has 4 rings (SSSR count). The number of benzene rings is 1. The lowest BCUT2D eigenvalue weighted by Crippen LogP contribution is -2.27. The lowest BCUT2D eigenvalue weighted by molar-refractivity contribution is 0.0635. The molecule has 3 aromatic rings. The molecule has 156 valence electrons. The molecule has 0 atom stereocenters. The van der Waals surface area contributed by atoms with Crippen LogP contribution in [-0.4, -0.2) is 34.5 Å². The van der Waals surface area contributed by atoms with Gasteiger partial charge in [-0.25, -0.2) is 4.79 Å². The van der Waals surface area contributed by atoms with Gasteiger partial charge in [-0.3, -0.25) is 15.1 Å². The molecule has 1 aliphatic rings. The molecule has 1 aliphatic heterocycles. The van der Waals surface area contributed by atoms with Crippen molar-refractivity contribution < 1.29 is 15.8 Å². The summed E-state index contributed by atoms with van der Waals surface area (Å²) in [6.07, 6.45) is 2.84. The minimum absolute atomic E-state index is 0. The van der Waals surface area contributed by atoms with Crippen molar-refractivity contribution in [2.75, 3.05) is 12.4 Å². The van der Waals surface area contributed by atoms with Gasteiger partial charge in [0, 0.05) is 42.1 Å². The summed E-state index contributed by atoms with van der Waals surface area (Å²) in [5.41, 5.74) is 3.76. The van der Waals surface area contributed by atoms with Crippen LogP contribution >= 0.6 is 11.3 Å². The second-order valence-electron chi connectivity index (χ2n) is 8.29. The van der Waals surface area contributed by atoms with Gasteiger partial charge in [-0.15, -0.1) is 11.3 Å². The van der Waals surface area contributed by atoms with Crippen LogP contribution in [0.4, 0.5) is 10.5 Å². The molecule has 6 nitrogen and oxygen atoms in total. The molecule has 0 radical (unpaired) electrons. The third kappa shape index (κ3) is 4.21. The topological polar surface area (TPSA) is 71.5 Å². The van der Waals surface area contributed by atoms with Crippen molar-refractivity contribution in [1.82, 2.24) is 9.88 Å². The zero-order chi connectivity index (χ0) is 21.5. The number of thiophene rings is 1. The summed E-state index contributed by atoms with van der Waals surface area (Å²) in [5.74, 6) is 0.0637. The smallest absolute Gasteiger partial charge is 0.412 e. The molecule has 1 N–H and O–H groups in total. The predicted molar refractivity (Wildman–Crippen MR) is 121 cm³/mol. The van der Waals surface area contributed by atoms with E-state index in [1.807, 2.05) is 58.2 Å². The van der Waals surface area contributed by atoms with Gasteiger partial charge in [-0.05, 0) is 56.2 Å². The Morgan fingerprint density at radius 1 is 1.13 bits per heavy atom. The van der Waals surface area contributed by atoms with Crippen LogP contribution in [0.1, 0.15) is 38.1 Å². The fraction of sp³-hybridized carbons (Fsp3) is 0.261. The van der Waals surface area contributed by atoms with E-state index in [1.165, 1.54) is 0 Å². The van der Waals surface area contributed by atoms with Crippen LogP contribution in [0.25, 0.3) is 20.9 Å². The molecule has 2 aromatic heterocycles. The normalized spacial score (nSPS) is 13.3. The molecule has 7 heteroatoms. The fourth-order valence-corrected chi connectivity index (χ4v) is 4.30. The molecule has 0 saturated carbocycles. The summed E-state index contributed by atoms with van der Waals surface area (Å²) < 4.78 is 5.30. The van der Waals surface area contributed by atoms with E-state index in [0.717, 1.165) is 32.0 Å². The highest BCUT2D eigenvalue weighted by atomic mass is 32.1. The molecule has 0 unspecified atom stereocenters. The Hall–Kier alpha value is -3.19. The molecule has 2 amide bonds. The van der Waals surface area contributed by atoms with Crippen LogP contribution < -0.4 is 5.32 Å². The predicted octanol–water partition coefficient (Wildman–Crippen LogP) is 5.66. The molecule has 0 saturated heterocycles. The number of amides is 2. The van der Waals surface area contributed by atoms with Crippen molar-refractivity contribution in [3.8, 4) is 20.9 Å². The van der Waals surface area contributed by atoms with E-state index in [-0.39, 0.29) is 7.33 Å². The summed E-state index contributed by atoms with van der Waals surface area (Å²) in [4.78, 5) is 32.4. The Labute approximate surface area is 181 Å². The Morgan fingerprint density at radius 2 is 1.87 bits per heavy atom. The molecule has 0 bridgehead atoms. The summed E-state index contributed by atoms with van der Waals surface area (Å²) in [5, 5.41) is 2.72. The van der Waals surface area contributed by atoms with E-state index in [4.69, 9.17) is 4.74 Å². The number of hydrogen-bond acceptors (Lipinski definition) is 5. The second kappa shape index (κ2) is 7.57. The monoisotopic (exact) mass is 423 g/mol. The van der Waals surface area contributed by atoms with E-state index in [1.54, 1.807) is 28.6 Å². The molecule has 0 spiro atoms. The molecule has 0 fully saturated rings. The van der Waals surface area contributed by atoms with Crippen LogP contribution in [-0.2, 0) is 11.3 Å². The maximum atomic E-state index is 12.3. The second-order valence-corrected chi connectivity index (χ2v) is 9.37. The molecule has 30 heavy (non-hydrogen) atoms. The van der Waals surface area contributed by atoms with Crippen LogP contribution in [0.3, 0.4) is 0 Å². The van der Waals surface area contributed by atoms with Gasteiger partial charge in [0.25, 0.3) is 5.91 Å². The van der Waals surface area contributed by atoms with Crippen molar-refractivity contribution >= 4 is 29.0 Å². The first-order valence-electron chi connectivity index (χ1n) is 9.64. The average molecular weight is 424 g/mol. The zero-order valence-corrected chi connectivity index (χ0v) is 18.2. The van der Waals surface area contributed by atoms with E-state index in [9.17, 15) is 9.59 Å². The standard InChI is InChI=1S/C23H23N3O3S.H2/c1-23(2,3)29-22(28)25-17-9-16(11-24-12-17)20-8-7-19(30-20)14-5-6-15-13-26(4)21(27)18(15)10-14;/h5-12H,13H2,1-4H3,(H,25,28);1H. The van der Waals surface area contributed by atoms with Crippen LogP contribution in [0.15, 0.2) is 48.8 Å². The third-order valence-corrected chi connectivity index (χ3v) is 5.84. The number of nitrogens with one attached hydrogen (secondary N) is 1. The van der Waals surface area contributed by atoms with Gasteiger partial charge in [0.2, 0.25) is 0 Å². The Morgan fingerprint density at radius 3 is 2.60 bits per heavy atom. The number of nitrogens with zero attached hydrogens (tertiary/aromatic N) is 2. The number of carbonyl (C=O) groups is 2. The first-order chi connectivity index (χ1) is 14.2. The highest BCUT2D eigenvalue weighted by Gasteiger charge is 2.24. The number of anilines is 1. The van der Waals surface area contributed by atoms with E-state index < -0.39 is 11.7 Å². The lowest BCUT2D eigenvalue weighted by Gasteiger charge is -2.19. The largest absolute Gasteiger partial charge is 0.444 e. The number of fused-ring (bicyclic) bond motifs is 1. The number of rotatable bonds is 3. The average Bonchev–Trinajstić information content (AvgIpc) is 3.26. The Kier molecular flexibility index (Phi) is 5.07. The maximum absolute atomic E-state index is 12.3. The van der Waals surface area contributed by atoms with E-state index in [2.05, 4.69) is 16.4 Å². The first-order valence-corrected chi connectivity index (χ1v) is 10.5. The van der Waals surface area contributed by atoms with E-state index in [0.29, 0.717) is 12.2 Å². The van der Waals surface area contributed by atoms with Gasteiger partial charge in [0.1, 0.15) is 5.60 Å². The van der Waals surface area contributed by atoms with Gasteiger partial charge in [0.05, 0.1) is 11.9 Å². The molecular formula is C23H25N3O3S. The van der Waals surface area contributed by atoms with Gasteiger partial charge < -0.3 is 9.64 Å². The molecule has 0 aliphatic carbocycles. The lowest BCUT2D eigenvalue weighted by atomic mass is 10.1. The Balaban J connectivity index is 0.00000272. The SMILES string of the molecule is CN1Cc2ccc(-c3ccc(-c4cncc(NC(=O)OC(C)(C)C)c4)s3)cc2C1=O.[HH]. The number of pyridine rings is 1. The summed E-state index contributed by atoms with van der Waals surface area (Å²) in [6, 6.07) is 12.0. The van der Waals surface area contributed by atoms with Crippen molar-refractivity contribution in [3.05, 3.63) is 59.9 Å². The van der Waals surface area contributed by atoms with Crippen LogP contribution in [0.5, 0.6) is 0 Å². The number of carbonyl (C=O) groups excluding carboxylic acids is 2. The highest BCUT2D eigenvalue weighted by molar-refractivity contribution is 7.18. The molecular weight excluding hydrogens is 398 g/mol. The van der Waals surface area contributed by atoms with Crippen LogP contribution in [0, 0.1) is 0 Å².